The Labute approximate surface area is 79.0 Å². The van der Waals surface area contributed by atoms with Crippen LogP contribution >= 0.6 is 0 Å². The molecule has 0 saturated carbocycles. The van der Waals surface area contributed by atoms with Crippen molar-refractivity contribution in [2.24, 2.45) is 17.8 Å². The van der Waals surface area contributed by atoms with E-state index in [1.54, 1.807) is 6.08 Å². The summed E-state index contributed by atoms with van der Waals surface area (Å²) in [4.78, 5) is 10.8. The van der Waals surface area contributed by atoms with Crippen LogP contribution < -0.4 is 0 Å². The molecule has 1 N–H and O–H groups in total. The van der Waals surface area contributed by atoms with Crippen molar-refractivity contribution in [1.82, 2.24) is 0 Å². The number of carbonyl (C=O) groups is 1. The molecule has 2 heteroatoms. The van der Waals surface area contributed by atoms with Crippen LogP contribution in [-0.2, 0) is 4.79 Å². The number of carboxylic acids is 1. The Morgan fingerprint density at radius 1 is 1.54 bits per heavy atom. The highest BCUT2D eigenvalue weighted by atomic mass is 16.4. The molecule has 0 aliphatic heterocycles. The number of rotatable bonds is 2. The van der Waals surface area contributed by atoms with Gasteiger partial charge in [0.25, 0.3) is 0 Å². The molecule has 0 radical (unpaired) electrons. The molecule has 0 aromatic rings. The van der Waals surface area contributed by atoms with E-state index < -0.39 is 5.97 Å². The number of aliphatic carboxylic acids is 1. The summed E-state index contributed by atoms with van der Waals surface area (Å²) in [7, 11) is 0. The zero-order chi connectivity index (χ0) is 10.0. The maximum absolute atomic E-state index is 10.8. The van der Waals surface area contributed by atoms with Crippen LogP contribution in [0.4, 0.5) is 0 Å². The minimum absolute atomic E-state index is 0.111. The molecule has 1 rings (SSSR count). The number of allylic oxidation sites excluding steroid dienone is 3. The first-order valence-electron chi connectivity index (χ1n) is 4.65. The molecular weight excluding hydrogens is 164 g/mol. The van der Waals surface area contributed by atoms with Crippen LogP contribution in [0.1, 0.15) is 20.8 Å². The minimum atomic E-state index is -0.734. The van der Waals surface area contributed by atoms with Crippen LogP contribution in [0.5, 0.6) is 0 Å². The molecule has 13 heavy (non-hydrogen) atoms. The fraction of sp³-hybridized carbons (Fsp3) is 0.545. The second-order valence-electron chi connectivity index (χ2n) is 3.90. The molecule has 2 unspecified atom stereocenters. The third-order valence-corrected chi connectivity index (χ3v) is 2.47. The maximum atomic E-state index is 10.8. The van der Waals surface area contributed by atoms with Crippen molar-refractivity contribution in [3.05, 3.63) is 23.8 Å². The Morgan fingerprint density at radius 2 is 2.15 bits per heavy atom. The molecular formula is C11H16O2. The predicted octanol–water partition coefficient (Wildman–Crippen LogP) is 2.48. The van der Waals surface area contributed by atoms with Crippen molar-refractivity contribution in [2.75, 3.05) is 0 Å². The third kappa shape index (κ3) is 2.20. The molecule has 0 fully saturated rings. The highest BCUT2D eigenvalue weighted by Crippen LogP contribution is 2.26. The largest absolute Gasteiger partial charge is 0.481 e. The van der Waals surface area contributed by atoms with E-state index in [0.717, 1.165) is 0 Å². The van der Waals surface area contributed by atoms with E-state index in [4.69, 9.17) is 5.11 Å². The lowest BCUT2D eigenvalue weighted by atomic mass is 9.84. The van der Waals surface area contributed by atoms with Crippen LogP contribution in [0, 0.1) is 17.8 Å². The Balaban J connectivity index is 2.79. The van der Waals surface area contributed by atoms with E-state index in [-0.39, 0.29) is 11.8 Å². The Bertz CT molecular complexity index is 261. The smallest absolute Gasteiger partial charge is 0.310 e. The van der Waals surface area contributed by atoms with Crippen molar-refractivity contribution in [3.63, 3.8) is 0 Å². The van der Waals surface area contributed by atoms with Gasteiger partial charge in [-0.15, -0.1) is 0 Å². The molecule has 0 bridgehead atoms. The standard InChI is InChI=1S/C11H16O2/c1-7(2)9-4-5-10(11(12)13)8(3)6-9/h4-8,10H,1-3H3,(H,12,13). The summed E-state index contributed by atoms with van der Waals surface area (Å²) in [6, 6.07) is 0. The molecule has 0 aromatic heterocycles. The lowest BCUT2D eigenvalue weighted by Crippen LogP contribution is -2.21. The summed E-state index contributed by atoms with van der Waals surface area (Å²) >= 11 is 0. The van der Waals surface area contributed by atoms with Crippen LogP contribution in [0.15, 0.2) is 23.8 Å². The first-order valence-corrected chi connectivity index (χ1v) is 4.65. The van der Waals surface area contributed by atoms with Gasteiger partial charge in [0.2, 0.25) is 0 Å². The van der Waals surface area contributed by atoms with Gasteiger partial charge in [0.1, 0.15) is 0 Å². The van der Waals surface area contributed by atoms with Crippen LogP contribution in [-0.4, -0.2) is 11.1 Å². The van der Waals surface area contributed by atoms with Crippen LogP contribution in [0.2, 0.25) is 0 Å². The van der Waals surface area contributed by atoms with Gasteiger partial charge in [0.15, 0.2) is 0 Å². The molecule has 0 aromatic carbocycles. The van der Waals surface area contributed by atoms with Gasteiger partial charge in [-0.3, -0.25) is 4.79 Å². The quantitative estimate of drug-likeness (QED) is 0.708. The summed E-state index contributed by atoms with van der Waals surface area (Å²) in [5, 5.41) is 8.85. The lowest BCUT2D eigenvalue weighted by molar-refractivity contribution is -0.141. The van der Waals surface area contributed by atoms with Gasteiger partial charge < -0.3 is 5.11 Å². The maximum Gasteiger partial charge on any atom is 0.310 e. The molecule has 0 saturated heterocycles. The predicted molar refractivity (Wildman–Crippen MR) is 52.4 cm³/mol. The number of carboxylic acid groups (broad SMARTS) is 1. The summed E-state index contributed by atoms with van der Waals surface area (Å²) in [6.07, 6.45) is 5.79. The normalized spacial score (nSPS) is 27.5. The molecule has 1 aliphatic carbocycles. The summed E-state index contributed by atoms with van der Waals surface area (Å²) in [5.41, 5.74) is 1.24. The summed E-state index contributed by atoms with van der Waals surface area (Å²) < 4.78 is 0. The first kappa shape index (κ1) is 10.0. The van der Waals surface area contributed by atoms with Crippen molar-refractivity contribution >= 4 is 5.97 Å². The van der Waals surface area contributed by atoms with E-state index in [0.29, 0.717) is 5.92 Å². The molecule has 2 nitrogen and oxygen atoms in total. The van der Waals surface area contributed by atoms with Gasteiger partial charge in [-0.1, -0.05) is 39.0 Å². The van der Waals surface area contributed by atoms with E-state index in [9.17, 15) is 4.79 Å². The van der Waals surface area contributed by atoms with Crippen molar-refractivity contribution in [2.45, 2.75) is 20.8 Å². The average Bonchev–Trinajstić information content (AvgIpc) is 2.03. The topological polar surface area (TPSA) is 37.3 Å². The average molecular weight is 180 g/mol. The zero-order valence-electron chi connectivity index (χ0n) is 8.32. The van der Waals surface area contributed by atoms with E-state index in [1.807, 2.05) is 13.0 Å². The van der Waals surface area contributed by atoms with Crippen LogP contribution in [0.3, 0.4) is 0 Å². The molecule has 2 atom stereocenters. The van der Waals surface area contributed by atoms with Crippen molar-refractivity contribution in [1.29, 1.82) is 0 Å². The van der Waals surface area contributed by atoms with E-state index in [2.05, 4.69) is 19.9 Å². The van der Waals surface area contributed by atoms with Crippen molar-refractivity contribution < 1.29 is 9.90 Å². The molecule has 0 spiro atoms. The molecule has 72 valence electrons. The van der Waals surface area contributed by atoms with Crippen LogP contribution in [0.25, 0.3) is 0 Å². The Kier molecular flexibility index (Phi) is 2.91. The summed E-state index contributed by atoms with van der Waals surface area (Å²) in [5.74, 6) is -0.487. The Morgan fingerprint density at radius 3 is 2.54 bits per heavy atom. The second-order valence-corrected chi connectivity index (χ2v) is 3.90. The van der Waals surface area contributed by atoms with Crippen molar-refractivity contribution in [3.8, 4) is 0 Å². The highest BCUT2D eigenvalue weighted by Gasteiger charge is 2.23. The Hall–Kier alpha value is -1.05. The van der Waals surface area contributed by atoms with Gasteiger partial charge in [-0.05, 0) is 17.4 Å². The van der Waals surface area contributed by atoms with Gasteiger partial charge in [-0.25, -0.2) is 0 Å². The zero-order valence-corrected chi connectivity index (χ0v) is 8.32. The molecule has 0 amide bonds. The van der Waals surface area contributed by atoms with Gasteiger partial charge in [0, 0.05) is 0 Å². The lowest BCUT2D eigenvalue weighted by Gasteiger charge is -2.20. The number of hydrogen-bond acceptors (Lipinski definition) is 1. The first-order chi connectivity index (χ1) is 6.02. The molecule has 1 aliphatic rings. The number of hydrogen-bond donors (Lipinski definition) is 1. The fourth-order valence-corrected chi connectivity index (χ4v) is 1.54. The fourth-order valence-electron chi connectivity index (χ4n) is 1.54. The van der Waals surface area contributed by atoms with E-state index in [1.165, 1.54) is 5.57 Å². The van der Waals surface area contributed by atoms with Gasteiger partial charge in [0.05, 0.1) is 5.92 Å². The van der Waals surface area contributed by atoms with E-state index >= 15 is 0 Å². The third-order valence-electron chi connectivity index (χ3n) is 2.47. The highest BCUT2D eigenvalue weighted by molar-refractivity contribution is 5.73. The van der Waals surface area contributed by atoms with Gasteiger partial charge in [-0.2, -0.15) is 0 Å². The summed E-state index contributed by atoms with van der Waals surface area (Å²) in [6.45, 7) is 6.18. The SMILES string of the molecule is CC(C)C1=CC(C)C(C(=O)O)C=C1. The monoisotopic (exact) mass is 180 g/mol. The minimum Gasteiger partial charge on any atom is -0.481 e. The second kappa shape index (κ2) is 3.77. The molecule has 0 heterocycles. The van der Waals surface area contributed by atoms with Gasteiger partial charge >= 0.3 is 5.97 Å².